The molecule has 1 aromatic heterocycles. The summed E-state index contributed by atoms with van der Waals surface area (Å²) in [7, 11) is 1.45. The molecule has 0 radical (unpaired) electrons. The van der Waals surface area contributed by atoms with Crippen molar-refractivity contribution in [1.29, 1.82) is 0 Å². The van der Waals surface area contributed by atoms with E-state index in [0.29, 0.717) is 17.1 Å². The molecule has 31 heavy (non-hydrogen) atoms. The SMILES string of the molecule is COc1ccc(C=Cc2nc(O)c([N+](=O)[O-])c(=O)[nH]2)cc1OCc1c(F)cccc1Cl. The summed E-state index contributed by atoms with van der Waals surface area (Å²) in [6, 6.07) is 9.18. The minimum Gasteiger partial charge on any atom is -0.493 e. The van der Waals surface area contributed by atoms with E-state index in [9.17, 15) is 24.4 Å². The van der Waals surface area contributed by atoms with Gasteiger partial charge in [0, 0.05) is 5.56 Å². The lowest BCUT2D eigenvalue weighted by Crippen LogP contribution is -2.14. The fourth-order valence-corrected chi connectivity index (χ4v) is 2.84. The third kappa shape index (κ3) is 4.98. The van der Waals surface area contributed by atoms with Gasteiger partial charge in [-0.05, 0) is 35.9 Å². The molecule has 2 aromatic carbocycles. The third-order valence-electron chi connectivity index (χ3n) is 4.13. The molecule has 0 fully saturated rings. The minimum atomic E-state index is -1.09. The first-order chi connectivity index (χ1) is 14.8. The lowest BCUT2D eigenvalue weighted by atomic mass is 10.1. The van der Waals surface area contributed by atoms with Crippen molar-refractivity contribution in [2.24, 2.45) is 0 Å². The largest absolute Gasteiger partial charge is 0.493 e. The van der Waals surface area contributed by atoms with Crippen molar-refractivity contribution < 1.29 is 23.9 Å². The number of nitrogens with one attached hydrogen (secondary N) is 1. The van der Waals surface area contributed by atoms with Gasteiger partial charge in [0.15, 0.2) is 11.5 Å². The number of hydrogen-bond donors (Lipinski definition) is 2. The normalized spacial score (nSPS) is 10.9. The van der Waals surface area contributed by atoms with Gasteiger partial charge in [-0.25, -0.2) is 4.39 Å². The maximum absolute atomic E-state index is 14.0. The monoisotopic (exact) mass is 447 g/mol. The van der Waals surface area contributed by atoms with Gasteiger partial charge >= 0.3 is 11.2 Å². The Balaban J connectivity index is 1.85. The quantitative estimate of drug-likeness (QED) is 0.414. The van der Waals surface area contributed by atoms with Gasteiger partial charge in [-0.15, -0.1) is 0 Å². The van der Waals surface area contributed by atoms with Crippen molar-refractivity contribution >= 4 is 29.4 Å². The van der Waals surface area contributed by atoms with Crippen molar-refractivity contribution in [3.05, 3.63) is 84.7 Å². The summed E-state index contributed by atoms with van der Waals surface area (Å²) in [6.45, 7) is -0.139. The Morgan fingerprint density at radius 1 is 1.29 bits per heavy atom. The van der Waals surface area contributed by atoms with Crippen molar-refractivity contribution in [3.8, 4) is 17.4 Å². The molecule has 9 nitrogen and oxygen atoms in total. The molecule has 3 aromatic rings. The fraction of sp³-hybridized carbons (Fsp3) is 0.100. The first kappa shape index (κ1) is 21.8. The van der Waals surface area contributed by atoms with Crippen molar-refractivity contribution in [3.63, 3.8) is 0 Å². The average molecular weight is 448 g/mol. The van der Waals surface area contributed by atoms with Gasteiger partial charge in [0.2, 0.25) is 0 Å². The Hall–Kier alpha value is -3.92. The molecule has 0 saturated carbocycles. The number of aromatic amines is 1. The zero-order valence-electron chi connectivity index (χ0n) is 16.0. The summed E-state index contributed by atoms with van der Waals surface area (Å²) in [5, 5.41) is 20.6. The maximum Gasteiger partial charge on any atom is 0.395 e. The van der Waals surface area contributed by atoms with Crippen LogP contribution in [0.1, 0.15) is 17.0 Å². The molecule has 0 saturated heterocycles. The first-order valence-electron chi connectivity index (χ1n) is 8.69. The number of benzene rings is 2. The molecule has 0 aliphatic heterocycles. The summed E-state index contributed by atoms with van der Waals surface area (Å²) in [5.41, 5.74) is -1.35. The van der Waals surface area contributed by atoms with Crippen LogP contribution in [0.25, 0.3) is 12.2 Å². The van der Waals surface area contributed by atoms with Gasteiger partial charge in [-0.3, -0.25) is 14.9 Å². The van der Waals surface area contributed by atoms with Crippen LogP contribution in [-0.2, 0) is 6.61 Å². The Bertz CT molecular complexity index is 1210. The van der Waals surface area contributed by atoms with E-state index >= 15 is 0 Å². The predicted octanol–water partition coefficient (Wildman–Crippen LogP) is 3.93. The van der Waals surface area contributed by atoms with E-state index in [1.54, 1.807) is 24.3 Å². The molecule has 0 bridgehead atoms. The van der Waals surface area contributed by atoms with Gasteiger partial charge < -0.3 is 19.6 Å². The zero-order chi connectivity index (χ0) is 22.5. The average Bonchev–Trinajstić information content (AvgIpc) is 2.71. The van der Waals surface area contributed by atoms with Gasteiger partial charge in [0.25, 0.3) is 5.88 Å². The number of halogens is 2. The molecule has 0 spiro atoms. The highest BCUT2D eigenvalue weighted by molar-refractivity contribution is 6.31. The van der Waals surface area contributed by atoms with Gasteiger partial charge in [-0.2, -0.15) is 4.98 Å². The number of methoxy groups -OCH3 is 1. The number of rotatable bonds is 7. The van der Waals surface area contributed by atoms with Crippen LogP contribution in [0.2, 0.25) is 5.02 Å². The number of aromatic hydroxyl groups is 1. The molecule has 0 aliphatic carbocycles. The molecule has 160 valence electrons. The van der Waals surface area contributed by atoms with Crippen LogP contribution in [0.15, 0.2) is 41.2 Å². The summed E-state index contributed by atoms with van der Waals surface area (Å²) in [5.74, 6) is -0.893. The number of H-pyrrole nitrogens is 1. The Labute approximate surface area is 179 Å². The van der Waals surface area contributed by atoms with Crippen LogP contribution in [-0.4, -0.2) is 27.1 Å². The summed E-state index contributed by atoms with van der Waals surface area (Å²) in [6.07, 6.45) is 2.86. The molecule has 11 heteroatoms. The highest BCUT2D eigenvalue weighted by atomic mass is 35.5. The second kappa shape index (κ2) is 9.26. The molecule has 0 atom stereocenters. The van der Waals surface area contributed by atoms with Gasteiger partial charge in [-0.1, -0.05) is 29.8 Å². The molecule has 0 unspecified atom stereocenters. The number of nitro groups is 1. The van der Waals surface area contributed by atoms with Gasteiger partial charge in [0.1, 0.15) is 18.2 Å². The van der Waals surface area contributed by atoms with Crippen LogP contribution in [0.5, 0.6) is 17.4 Å². The molecular weight excluding hydrogens is 433 g/mol. The van der Waals surface area contributed by atoms with E-state index in [-0.39, 0.29) is 23.0 Å². The number of hydrogen-bond acceptors (Lipinski definition) is 7. The van der Waals surface area contributed by atoms with Crippen molar-refractivity contribution in [2.75, 3.05) is 7.11 Å². The van der Waals surface area contributed by atoms with Crippen LogP contribution in [0.3, 0.4) is 0 Å². The molecule has 1 heterocycles. The van der Waals surface area contributed by atoms with E-state index in [1.165, 1.54) is 31.4 Å². The molecule has 2 N–H and O–H groups in total. The number of aromatic nitrogens is 2. The standard InChI is InChI=1S/C20H15ClFN3O6/c1-30-15-7-5-11(6-8-17-23-19(26)18(25(28)29)20(27)24-17)9-16(15)31-10-12-13(21)3-2-4-14(12)22/h2-9H,10H2,1H3,(H2,23,24,26,27). The first-order valence-corrected chi connectivity index (χ1v) is 9.07. The van der Waals surface area contributed by atoms with Gasteiger partial charge in [0.05, 0.1) is 17.1 Å². The minimum absolute atomic E-state index is 0.0930. The highest BCUT2D eigenvalue weighted by Gasteiger charge is 2.21. The van der Waals surface area contributed by atoms with Crippen LogP contribution in [0, 0.1) is 15.9 Å². The summed E-state index contributed by atoms with van der Waals surface area (Å²) >= 11 is 6.01. The summed E-state index contributed by atoms with van der Waals surface area (Å²) in [4.78, 5) is 27.2. The highest BCUT2D eigenvalue weighted by Crippen LogP contribution is 2.31. The Morgan fingerprint density at radius 3 is 2.71 bits per heavy atom. The molecule has 0 amide bonds. The maximum atomic E-state index is 14.0. The Morgan fingerprint density at radius 2 is 2.06 bits per heavy atom. The molecule has 0 aliphatic rings. The smallest absolute Gasteiger partial charge is 0.395 e. The molecule has 3 rings (SSSR count). The van der Waals surface area contributed by atoms with E-state index < -0.39 is 27.9 Å². The summed E-state index contributed by atoms with van der Waals surface area (Å²) < 4.78 is 24.9. The third-order valence-corrected chi connectivity index (χ3v) is 4.49. The van der Waals surface area contributed by atoms with Crippen LogP contribution in [0.4, 0.5) is 10.1 Å². The number of ether oxygens (including phenoxy) is 2. The van der Waals surface area contributed by atoms with E-state index in [4.69, 9.17) is 21.1 Å². The fourth-order valence-electron chi connectivity index (χ4n) is 2.62. The van der Waals surface area contributed by atoms with E-state index in [2.05, 4.69) is 9.97 Å². The lowest BCUT2D eigenvalue weighted by molar-refractivity contribution is -0.387. The predicted molar refractivity (Wildman–Crippen MR) is 111 cm³/mol. The number of nitrogens with zero attached hydrogens (tertiary/aromatic N) is 2. The van der Waals surface area contributed by atoms with Crippen LogP contribution < -0.4 is 15.0 Å². The van der Waals surface area contributed by atoms with E-state index in [1.807, 2.05) is 0 Å². The topological polar surface area (TPSA) is 128 Å². The molecular formula is C20H15ClFN3O6. The Kier molecular flexibility index (Phi) is 6.51. The van der Waals surface area contributed by atoms with E-state index in [0.717, 1.165) is 0 Å². The zero-order valence-corrected chi connectivity index (χ0v) is 16.7. The second-order valence-electron chi connectivity index (χ2n) is 6.11. The van der Waals surface area contributed by atoms with Crippen molar-refractivity contribution in [1.82, 2.24) is 9.97 Å². The lowest BCUT2D eigenvalue weighted by Gasteiger charge is -2.12. The van der Waals surface area contributed by atoms with Crippen molar-refractivity contribution in [2.45, 2.75) is 6.61 Å². The van der Waals surface area contributed by atoms with Crippen LogP contribution >= 0.6 is 11.6 Å². The second-order valence-corrected chi connectivity index (χ2v) is 6.52.